The summed E-state index contributed by atoms with van der Waals surface area (Å²) in [5, 5.41) is 0. The van der Waals surface area contributed by atoms with Crippen molar-refractivity contribution in [2.75, 3.05) is 26.2 Å². The Hall–Kier alpha value is -3.84. The van der Waals surface area contributed by atoms with Gasteiger partial charge in [0, 0.05) is 23.7 Å². The van der Waals surface area contributed by atoms with Crippen LogP contribution in [-0.4, -0.2) is 30.7 Å². The van der Waals surface area contributed by atoms with Gasteiger partial charge < -0.3 is 4.48 Å². The van der Waals surface area contributed by atoms with Crippen molar-refractivity contribution < 1.29 is 30.8 Å². The van der Waals surface area contributed by atoms with Crippen molar-refractivity contribution in [3.63, 3.8) is 0 Å². The Bertz CT molecular complexity index is 1850. The Labute approximate surface area is 284 Å². The molecule has 0 spiro atoms. The topological polar surface area (TPSA) is 0 Å². The molecule has 4 atom stereocenters. The van der Waals surface area contributed by atoms with Gasteiger partial charge in [-0.15, -0.1) is 0 Å². The first-order valence-corrected chi connectivity index (χ1v) is 17.7. The summed E-state index contributed by atoms with van der Waals surface area (Å²) >= 11 is 0. The maximum atomic E-state index is 14.9. The van der Waals surface area contributed by atoms with Crippen molar-refractivity contribution in [3.8, 4) is 0 Å². The molecule has 3 aliphatic carbocycles. The van der Waals surface area contributed by atoms with Gasteiger partial charge in [-0.05, 0) is 88.9 Å². The largest absolute Gasteiger partial charge is 0.320 e. The first-order valence-electron chi connectivity index (χ1n) is 17.7. The lowest BCUT2D eigenvalue weighted by molar-refractivity contribution is -0.925. The number of hydrogen-bond donors (Lipinski definition) is 0. The van der Waals surface area contributed by atoms with Crippen LogP contribution in [0.25, 0.3) is 17.2 Å². The van der Waals surface area contributed by atoms with E-state index >= 15 is 0 Å². The lowest BCUT2D eigenvalue weighted by atomic mass is 9.59. The van der Waals surface area contributed by atoms with E-state index in [0.717, 1.165) is 109 Å². The molecule has 3 aromatic carbocycles. The molecule has 1 nitrogen and oxygen atoms in total. The maximum absolute atomic E-state index is 14.9. The van der Waals surface area contributed by atoms with Crippen LogP contribution in [0.5, 0.6) is 0 Å². The predicted octanol–water partition coefficient (Wildman–Crippen LogP) is 11.2. The molecule has 7 heteroatoms. The highest BCUT2D eigenvalue weighted by molar-refractivity contribution is 5.88. The summed E-state index contributed by atoms with van der Waals surface area (Å²) in [5.74, 6) is -8.37. The first-order chi connectivity index (χ1) is 23.6. The molecule has 4 aliphatic rings. The summed E-state index contributed by atoms with van der Waals surface area (Å²) in [4.78, 5) is 0. The third kappa shape index (κ3) is 6.02. The SMILES string of the molecule is CCCC[N+]1(CCCC)CC2=C(c3cc(F)c(F)c(F)c3)C=C3CCC=CC3[C@@H]2C2c3ccccc3C=C(c3cc(F)c(F)c(F)c3)C2C1. The van der Waals surface area contributed by atoms with Gasteiger partial charge in [-0.3, -0.25) is 0 Å². The fourth-order valence-electron chi connectivity index (χ4n) is 9.18. The van der Waals surface area contributed by atoms with Crippen molar-refractivity contribution in [2.24, 2.45) is 17.8 Å². The van der Waals surface area contributed by atoms with Crippen LogP contribution in [0.1, 0.15) is 80.5 Å². The maximum Gasteiger partial charge on any atom is 0.194 e. The average Bonchev–Trinajstić information content (AvgIpc) is 3.25. The smallest absolute Gasteiger partial charge is 0.194 e. The number of likely N-dealkylation sites (tertiary alicyclic amines) is 1. The quantitative estimate of drug-likeness (QED) is 0.0966. The second-order valence-electron chi connectivity index (χ2n) is 14.4. The molecule has 0 saturated carbocycles. The average molecular weight is 675 g/mol. The van der Waals surface area contributed by atoms with Crippen LogP contribution in [0.15, 0.2) is 77.9 Å². The van der Waals surface area contributed by atoms with Crippen LogP contribution in [-0.2, 0) is 0 Å². The number of hydrogen-bond acceptors (Lipinski definition) is 0. The fourth-order valence-corrected chi connectivity index (χ4v) is 9.18. The molecule has 0 bridgehead atoms. The van der Waals surface area contributed by atoms with Gasteiger partial charge in [0.05, 0.1) is 19.6 Å². The summed E-state index contributed by atoms with van der Waals surface area (Å²) in [7, 11) is 0. The van der Waals surface area contributed by atoms with E-state index in [2.05, 4.69) is 38.1 Å². The molecule has 0 aromatic heterocycles. The standard InChI is InChI=1S/C42H42F6N/c1-3-5-15-49(16-6-4-2)23-33-31(27-19-35(43)41(47)36(44)20-27)17-25-11-7-9-13-29(25)39(33)40-30-14-10-8-12-26(30)18-32(34(40)24-49)28-21-37(45)42(48)38(46)22-28/h7,9-11,13-14,17-22,30,33,39-40H,3-6,8,12,15-16,23-24H2,1-2H3/q+1/t30?,33?,39?,40-/m0/s1. The van der Waals surface area contributed by atoms with Gasteiger partial charge in [-0.1, -0.05) is 80.8 Å². The molecule has 0 radical (unpaired) electrons. The molecule has 3 aromatic rings. The van der Waals surface area contributed by atoms with Crippen molar-refractivity contribution in [3.05, 3.63) is 135 Å². The molecule has 7 rings (SSSR count). The molecule has 256 valence electrons. The minimum Gasteiger partial charge on any atom is -0.320 e. The van der Waals surface area contributed by atoms with Crippen LogP contribution < -0.4 is 0 Å². The van der Waals surface area contributed by atoms with Gasteiger partial charge in [0.25, 0.3) is 0 Å². The Morgan fingerprint density at radius 2 is 1.35 bits per heavy atom. The molecule has 1 heterocycles. The minimum atomic E-state index is -1.49. The van der Waals surface area contributed by atoms with Crippen LogP contribution >= 0.6 is 0 Å². The number of rotatable bonds is 8. The zero-order valence-electron chi connectivity index (χ0n) is 28.0. The Balaban J connectivity index is 1.55. The zero-order valence-corrected chi connectivity index (χ0v) is 28.0. The molecular weight excluding hydrogens is 632 g/mol. The van der Waals surface area contributed by atoms with Gasteiger partial charge in [0.1, 0.15) is 6.54 Å². The summed E-state index contributed by atoms with van der Waals surface area (Å²) < 4.78 is 89.2. The van der Waals surface area contributed by atoms with E-state index in [-0.39, 0.29) is 23.7 Å². The van der Waals surface area contributed by atoms with Crippen LogP contribution in [0, 0.1) is 52.7 Å². The number of unbranched alkanes of at least 4 members (excludes halogenated alkanes) is 2. The van der Waals surface area contributed by atoms with E-state index in [1.165, 1.54) is 0 Å². The van der Waals surface area contributed by atoms with Crippen molar-refractivity contribution >= 4 is 17.2 Å². The molecule has 0 N–H and O–H groups in total. The van der Waals surface area contributed by atoms with E-state index in [0.29, 0.717) is 28.7 Å². The number of quaternary nitrogens is 1. The van der Waals surface area contributed by atoms with Crippen LogP contribution in [0.4, 0.5) is 26.3 Å². The Kier molecular flexibility index (Phi) is 9.25. The summed E-state index contributed by atoms with van der Waals surface area (Å²) in [6, 6.07) is 12.6. The minimum absolute atomic E-state index is 0.00147. The summed E-state index contributed by atoms with van der Waals surface area (Å²) in [6.07, 6.45) is 14.0. The number of halogens is 6. The Morgan fingerprint density at radius 1 is 0.735 bits per heavy atom. The van der Waals surface area contributed by atoms with Crippen LogP contribution in [0.3, 0.4) is 0 Å². The molecular formula is C42H42F6N+. The molecule has 3 unspecified atom stereocenters. The third-order valence-corrected chi connectivity index (χ3v) is 11.4. The molecule has 1 aliphatic heterocycles. The zero-order chi connectivity index (χ0) is 34.4. The van der Waals surface area contributed by atoms with Gasteiger partial charge >= 0.3 is 0 Å². The van der Waals surface area contributed by atoms with E-state index < -0.39 is 34.9 Å². The fraction of sp³-hybridized carbons (Fsp3) is 0.381. The number of benzene rings is 3. The molecule has 1 fully saturated rings. The first kappa shape index (κ1) is 33.6. The van der Waals surface area contributed by atoms with Gasteiger partial charge in [-0.25, -0.2) is 26.3 Å². The normalized spacial score (nSPS) is 23.9. The predicted molar refractivity (Wildman–Crippen MR) is 183 cm³/mol. The molecule has 0 amide bonds. The summed E-state index contributed by atoms with van der Waals surface area (Å²) in [6.45, 7) is 7.33. The van der Waals surface area contributed by atoms with Crippen LogP contribution in [0.2, 0.25) is 0 Å². The molecule has 49 heavy (non-hydrogen) atoms. The van der Waals surface area contributed by atoms with Crippen molar-refractivity contribution in [2.45, 2.75) is 58.3 Å². The van der Waals surface area contributed by atoms with E-state index in [4.69, 9.17) is 0 Å². The van der Waals surface area contributed by atoms with E-state index in [1.54, 1.807) is 0 Å². The lowest BCUT2D eigenvalue weighted by Crippen LogP contribution is -2.53. The van der Waals surface area contributed by atoms with Gasteiger partial charge in [0.15, 0.2) is 34.9 Å². The van der Waals surface area contributed by atoms with E-state index in [9.17, 15) is 26.3 Å². The van der Waals surface area contributed by atoms with Crippen molar-refractivity contribution in [1.82, 2.24) is 0 Å². The van der Waals surface area contributed by atoms with Crippen molar-refractivity contribution in [1.29, 1.82) is 0 Å². The Morgan fingerprint density at radius 3 is 1.98 bits per heavy atom. The highest BCUT2D eigenvalue weighted by Gasteiger charge is 2.52. The highest BCUT2D eigenvalue weighted by Crippen LogP contribution is 2.58. The monoisotopic (exact) mass is 674 g/mol. The van der Waals surface area contributed by atoms with Gasteiger partial charge in [0.2, 0.25) is 0 Å². The second-order valence-corrected chi connectivity index (χ2v) is 14.4. The number of allylic oxidation sites excluding steroid dienone is 5. The van der Waals surface area contributed by atoms with E-state index in [1.807, 2.05) is 24.3 Å². The highest BCUT2D eigenvalue weighted by atomic mass is 19.2. The molecule has 1 saturated heterocycles. The summed E-state index contributed by atoms with van der Waals surface area (Å²) in [5.41, 5.74) is 6.45. The second kappa shape index (κ2) is 13.5. The van der Waals surface area contributed by atoms with Gasteiger partial charge in [-0.2, -0.15) is 0 Å². The number of nitrogens with zero attached hydrogens (tertiary/aromatic N) is 1. The number of fused-ring (bicyclic) bond motifs is 7. The lowest BCUT2D eigenvalue weighted by Gasteiger charge is -2.43. The third-order valence-electron chi connectivity index (χ3n) is 11.4.